The van der Waals surface area contributed by atoms with Crippen LogP contribution in [-0.2, 0) is 13.0 Å². The molecule has 3 amide bonds. The van der Waals surface area contributed by atoms with Crippen molar-refractivity contribution in [3.05, 3.63) is 93.8 Å². The molecule has 0 bridgehead atoms. The number of amides is 3. The van der Waals surface area contributed by atoms with Crippen molar-refractivity contribution in [3.8, 4) is 0 Å². The minimum Gasteiger partial charge on any atom is -0.334 e. The normalized spacial score (nSPS) is 13.1. The lowest BCUT2D eigenvalue weighted by atomic mass is 10.0. The minimum absolute atomic E-state index is 0.0288. The van der Waals surface area contributed by atoms with Crippen molar-refractivity contribution >= 4 is 34.9 Å². The average Bonchev–Trinajstić information content (AvgIpc) is 3.03. The van der Waals surface area contributed by atoms with Gasteiger partial charge >= 0.3 is 6.03 Å². The Bertz CT molecular complexity index is 1180. The Kier molecular flexibility index (Phi) is 6.94. The third kappa shape index (κ3) is 5.17. The topological polar surface area (TPSA) is 61.4 Å². The zero-order chi connectivity index (χ0) is 23.4. The fraction of sp³-hybridized carbons (Fsp3) is 0.231. The van der Waals surface area contributed by atoms with Gasteiger partial charge < -0.3 is 15.5 Å². The number of aryl methyl sites for hydroxylation is 2. The third-order valence-corrected chi connectivity index (χ3v) is 6.15. The van der Waals surface area contributed by atoms with E-state index < -0.39 is 11.8 Å². The minimum atomic E-state index is -0.605. The second kappa shape index (κ2) is 10.0. The van der Waals surface area contributed by atoms with E-state index >= 15 is 0 Å². The molecule has 0 saturated heterocycles. The largest absolute Gasteiger partial charge is 0.334 e. The lowest BCUT2D eigenvalue weighted by molar-refractivity contribution is 0.0987. The van der Waals surface area contributed by atoms with E-state index in [-0.39, 0.29) is 23.2 Å². The van der Waals surface area contributed by atoms with Crippen LogP contribution in [0.5, 0.6) is 0 Å². The molecule has 0 saturated carbocycles. The van der Waals surface area contributed by atoms with Crippen molar-refractivity contribution in [2.45, 2.75) is 32.7 Å². The quantitative estimate of drug-likeness (QED) is 0.489. The molecule has 33 heavy (non-hydrogen) atoms. The maximum atomic E-state index is 13.9. The van der Waals surface area contributed by atoms with E-state index in [4.69, 9.17) is 11.6 Å². The third-order valence-electron chi connectivity index (χ3n) is 5.84. The number of carbonyl (C=O) groups excluding carboxylic acids is 2. The Hall–Kier alpha value is -3.38. The van der Waals surface area contributed by atoms with E-state index in [0.717, 1.165) is 36.1 Å². The van der Waals surface area contributed by atoms with Crippen LogP contribution in [0.15, 0.2) is 60.7 Å². The van der Waals surface area contributed by atoms with Gasteiger partial charge in [-0.1, -0.05) is 41.9 Å². The number of benzene rings is 3. The molecule has 0 fully saturated rings. The lowest BCUT2D eigenvalue weighted by Gasteiger charge is -2.23. The van der Waals surface area contributed by atoms with E-state index in [2.05, 4.69) is 16.7 Å². The highest BCUT2D eigenvalue weighted by atomic mass is 35.5. The molecule has 0 aliphatic carbocycles. The Morgan fingerprint density at radius 1 is 1.06 bits per heavy atom. The number of nitrogens with zero attached hydrogens (tertiary/aromatic N) is 1. The van der Waals surface area contributed by atoms with Gasteiger partial charge in [0.05, 0.1) is 10.7 Å². The van der Waals surface area contributed by atoms with Crippen molar-refractivity contribution in [2.75, 3.05) is 16.8 Å². The first-order chi connectivity index (χ1) is 15.9. The van der Waals surface area contributed by atoms with E-state index in [1.807, 2.05) is 42.2 Å². The number of urea groups is 1. The molecule has 4 rings (SSSR count). The van der Waals surface area contributed by atoms with Crippen LogP contribution in [-0.4, -0.2) is 18.5 Å². The number of halogens is 2. The summed E-state index contributed by atoms with van der Waals surface area (Å²) in [6.07, 6.45) is 3.00. The Balaban J connectivity index is 1.44. The van der Waals surface area contributed by atoms with Crippen molar-refractivity contribution < 1.29 is 14.0 Å². The second-order valence-corrected chi connectivity index (χ2v) is 8.50. The highest BCUT2D eigenvalue weighted by Gasteiger charge is 2.22. The molecule has 1 heterocycles. The number of fused-ring (bicyclic) bond motifs is 1. The first kappa shape index (κ1) is 22.8. The molecule has 2 N–H and O–H groups in total. The number of carbonyl (C=O) groups is 2. The summed E-state index contributed by atoms with van der Waals surface area (Å²) >= 11 is 5.95. The standard InChI is InChI=1S/C26H25ClFN3O2/c1-17-15-19(25(32)31-14-5-4-8-18-7-2-3-11-23(18)31)12-13-20(17)16-29-26(33)30-24-21(27)9-6-10-22(24)28/h2-3,6-7,9-13,15H,4-5,8,14,16H2,1H3,(H2,29,30,33). The smallest absolute Gasteiger partial charge is 0.319 e. The number of anilines is 2. The average molecular weight is 466 g/mol. The van der Waals surface area contributed by atoms with Gasteiger partial charge in [-0.25, -0.2) is 9.18 Å². The van der Waals surface area contributed by atoms with Gasteiger partial charge in [-0.05, 0) is 73.2 Å². The maximum absolute atomic E-state index is 13.9. The van der Waals surface area contributed by atoms with Crippen LogP contribution < -0.4 is 15.5 Å². The maximum Gasteiger partial charge on any atom is 0.319 e. The summed E-state index contributed by atoms with van der Waals surface area (Å²) < 4.78 is 13.9. The van der Waals surface area contributed by atoms with Gasteiger partial charge in [0.15, 0.2) is 0 Å². The highest BCUT2D eigenvalue weighted by Crippen LogP contribution is 2.28. The van der Waals surface area contributed by atoms with Gasteiger partial charge in [-0.2, -0.15) is 0 Å². The van der Waals surface area contributed by atoms with E-state index in [9.17, 15) is 14.0 Å². The van der Waals surface area contributed by atoms with E-state index in [0.29, 0.717) is 12.1 Å². The number of rotatable bonds is 4. The molecule has 3 aromatic rings. The Labute approximate surface area is 197 Å². The summed E-state index contributed by atoms with van der Waals surface area (Å²) in [6, 6.07) is 17.2. The van der Waals surface area contributed by atoms with E-state index in [1.54, 1.807) is 6.07 Å². The molecule has 0 unspecified atom stereocenters. The van der Waals surface area contributed by atoms with Gasteiger partial charge in [0, 0.05) is 24.3 Å². The number of para-hydroxylation sites is 2. The van der Waals surface area contributed by atoms with Crippen molar-refractivity contribution in [1.29, 1.82) is 0 Å². The van der Waals surface area contributed by atoms with Crippen LogP contribution in [0.2, 0.25) is 5.02 Å². The fourth-order valence-electron chi connectivity index (χ4n) is 4.04. The predicted molar refractivity (Wildman–Crippen MR) is 130 cm³/mol. The first-order valence-corrected chi connectivity index (χ1v) is 11.3. The van der Waals surface area contributed by atoms with Crippen molar-refractivity contribution in [3.63, 3.8) is 0 Å². The molecule has 3 aromatic carbocycles. The zero-order valence-electron chi connectivity index (χ0n) is 18.3. The van der Waals surface area contributed by atoms with Gasteiger partial charge in [-0.15, -0.1) is 0 Å². The summed E-state index contributed by atoms with van der Waals surface area (Å²) in [5.74, 6) is -0.634. The molecule has 0 radical (unpaired) electrons. The summed E-state index contributed by atoms with van der Waals surface area (Å²) in [5.41, 5.74) is 4.46. The molecule has 0 spiro atoms. The first-order valence-electron chi connectivity index (χ1n) is 10.9. The van der Waals surface area contributed by atoms with Gasteiger partial charge in [0.25, 0.3) is 5.91 Å². The summed E-state index contributed by atoms with van der Waals surface area (Å²) in [4.78, 5) is 27.4. The fourth-order valence-corrected chi connectivity index (χ4v) is 4.25. The van der Waals surface area contributed by atoms with Gasteiger partial charge in [0.2, 0.25) is 0 Å². The van der Waals surface area contributed by atoms with Crippen LogP contribution >= 0.6 is 11.6 Å². The monoisotopic (exact) mass is 465 g/mol. The van der Waals surface area contributed by atoms with Crippen LogP contribution in [0, 0.1) is 12.7 Å². The molecule has 5 nitrogen and oxygen atoms in total. The molecule has 0 aromatic heterocycles. The highest BCUT2D eigenvalue weighted by molar-refractivity contribution is 6.33. The van der Waals surface area contributed by atoms with Crippen LogP contribution in [0.4, 0.5) is 20.6 Å². The second-order valence-electron chi connectivity index (χ2n) is 8.09. The van der Waals surface area contributed by atoms with Crippen LogP contribution in [0.1, 0.15) is 39.9 Å². The van der Waals surface area contributed by atoms with Gasteiger partial charge in [-0.3, -0.25) is 4.79 Å². The van der Waals surface area contributed by atoms with Crippen molar-refractivity contribution in [2.24, 2.45) is 0 Å². The molecular weight excluding hydrogens is 441 g/mol. The van der Waals surface area contributed by atoms with Crippen molar-refractivity contribution in [1.82, 2.24) is 5.32 Å². The SMILES string of the molecule is Cc1cc(C(=O)N2CCCCc3ccccc32)ccc1CNC(=O)Nc1c(F)cccc1Cl. The molecule has 7 heteroatoms. The molecule has 1 aliphatic rings. The zero-order valence-corrected chi connectivity index (χ0v) is 19.1. The Morgan fingerprint density at radius 3 is 2.67 bits per heavy atom. The number of hydrogen-bond acceptors (Lipinski definition) is 2. The molecule has 0 atom stereocenters. The van der Waals surface area contributed by atoms with Gasteiger partial charge in [0.1, 0.15) is 5.82 Å². The predicted octanol–water partition coefficient (Wildman–Crippen LogP) is 6.09. The molecule has 1 aliphatic heterocycles. The number of hydrogen-bond donors (Lipinski definition) is 2. The summed E-state index contributed by atoms with van der Waals surface area (Å²) in [6.45, 7) is 2.82. The summed E-state index contributed by atoms with van der Waals surface area (Å²) in [7, 11) is 0. The Morgan fingerprint density at radius 2 is 1.88 bits per heavy atom. The summed E-state index contributed by atoms with van der Waals surface area (Å²) in [5, 5.41) is 5.27. The molecular formula is C26H25ClFN3O2. The van der Waals surface area contributed by atoms with Crippen LogP contribution in [0.25, 0.3) is 0 Å². The molecule has 170 valence electrons. The lowest BCUT2D eigenvalue weighted by Crippen LogP contribution is -2.32. The number of nitrogens with one attached hydrogen (secondary N) is 2. The van der Waals surface area contributed by atoms with E-state index in [1.165, 1.54) is 23.8 Å². The van der Waals surface area contributed by atoms with Crippen LogP contribution in [0.3, 0.4) is 0 Å².